The molecule has 0 aliphatic rings. The van der Waals surface area contributed by atoms with E-state index in [-0.39, 0.29) is 0 Å². The Labute approximate surface area is 135 Å². The summed E-state index contributed by atoms with van der Waals surface area (Å²) in [5.74, 6) is 0.904. The molecule has 0 spiro atoms. The second-order valence-corrected chi connectivity index (χ2v) is 5.38. The van der Waals surface area contributed by atoms with Gasteiger partial charge in [0.1, 0.15) is 0 Å². The second-order valence-electron chi connectivity index (χ2n) is 5.38. The van der Waals surface area contributed by atoms with Gasteiger partial charge in [-0.2, -0.15) is 0 Å². The molecule has 0 atom stereocenters. The van der Waals surface area contributed by atoms with Gasteiger partial charge in [0.2, 0.25) is 0 Å². The van der Waals surface area contributed by atoms with Gasteiger partial charge in [0.25, 0.3) is 0 Å². The molecule has 0 saturated heterocycles. The van der Waals surface area contributed by atoms with Crippen molar-refractivity contribution in [3.05, 3.63) is 35.9 Å². The van der Waals surface area contributed by atoms with E-state index < -0.39 is 0 Å². The molecular formula is C18H31N3O. The molecule has 0 fully saturated rings. The SMILES string of the molecule is CCCCCNC(=NC)NCCCCOCc1ccccc1. The number of hydrogen-bond donors (Lipinski definition) is 2. The summed E-state index contributed by atoms with van der Waals surface area (Å²) in [5.41, 5.74) is 1.23. The molecule has 0 aliphatic heterocycles. The van der Waals surface area contributed by atoms with Crippen LogP contribution in [-0.2, 0) is 11.3 Å². The summed E-state index contributed by atoms with van der Waals surface area (Å²) in [6.45, 7) is 5.65. The van der Waals surface area contributed by atoms with Crippen LogP contribution in [0.4, 0.5) is 0 Å². The highest BCUT2D eigenvalue weighted by atomic mass is 16.5. The van der Waals surface area contributed by atoms with Gasteiger partial charge >= 0.3 is 0 Å². The molecule has 0 heterocycles. The molecule has 4 heteroatoms. The Morgan fingerprint density at radius 3 is 2.32 bits per heavy atom. The van der Waals surface area contributed by atoms with Crippen molar-refractivity contribution < 1.29 is 4.74 Å². The highest BCUT2D eigenvalue weighted by Crippen LogP contribution is 2.01. The average molecular weight is 305 g/mol. The van der Waals surface area contributed by atoms with Gasteiger partial charge in [0, 0.05) is 26.7 Å². The average Bonchev–Trinajstić information content (AvgIpc) is 2.56. The Bertz CT molecular complexity index is 393. The van der Waals surface area contributed by atoms with Crippen molar-refractivity contribution >= 4 is 5.96 Å². The quantitative estimate of drug-likeness (QED) is 0.374. The van der Waals surface area contributed by atoms with Crippen LogP contribution in [0.1, 0.15) is 44.6 Å². The number of nitrogens with zero attached hydrogens (tertiary/aromatic N) is 1. The minimum absolute atomic E-state index is 0.703. The fourth-order valence-corrected chi connectivity index (χ4v) is 2.10. The summed E-state index contributed by atoms with van der Waals surface area (Å²) in [7, 11) is 1.82. The maximum absolute atomic E-state index is 5.67. The summed E-state index contributed by atoms with van der Waals surface area (Å²) >= 11 is 0. The zero-order valence-corrected chi connectivity index (χ0v) is 14.1. The van der Waals surface area contributed by atoms with Crippen LogP contribution in [-0.4, -0.2) is 32.7 Å². The van der Waals surface area contributed by atoms with Crippen LogP contribution in [0, 0.1) is 0 Å². The molecule has 2 N–H and O–H groups in total. The first-order chi connectivity index (χ1) is 10.9. The summed E-state index contributed by atoms with van der Waals surface area (Å²) < 4.78 is 5.67. The van der Waals surface area contributed by atoms with E-state index in [0.29, 0.717) is 6.61 Å². The third-order valence-electron chi connectivity index (χ3n) is 3.42. The Kier molecular flexibility index (Phi) is 11.0. The van der Waals surface area contributed by atoms with E-state index in [1.54, 1.807) is 0 Å². The van der Waals surface area contributed by atoms with E-state index in [4.69, 9.17) is 4.74 Å². The molecule has 0 radical (unpaired) electrons. The molecule has 1 rings (SSSR count). The van der Waals surface area contributed by atoms with E-state index >= 15 is 0 Å². The molecule has 1 aromatic carbocycles. The van der Waals surface area contributed by atoms with Crippen molar-refractivity contribution in [3.63, 3.8) is 0 Å². The van der Waals surface area contributed by atoms with Gasteiger partial charge in [-0.05, 0) is 24.8 Å². The molecule has 0 bridgehead atoms. The first-order valence-corrected chi connectivity index (χ1v) is 8.43. The smallest absolute Gasteiger partial charge is 0.190 e. The third kappa shape index (κ3) is 9.40. The van der Waals surface area contributed by atoms with Crippen molar-refractivity contribution in [3.8, 4) is 0 Å². The van der Waals surface area contributed by atoms with Gasteiger partial charge in [-0.1, -0.05) is 50.1 Å². The summed E-state index contributed by atoms with van der Waals surface area (Å²) in [5, 5.41) is 6.67. The number of rotatable bonds is 11. The van der Waals surface area contributed by atoms with Crippen LogP contribution < -0.4 is 10.6 Å². The van der Waals surface area contributed by atoms with E-state index in [0.717, 1.165) is 38.5 Å². The summed E-state index contributed by atoms with van der Waals surface area (Å²) in [6, 6.07) is 10.3. The molecule has 0 aliphatic carbocycles. The van der Waals surface area contributed by atoms with Crippen molar-refractivity contribution in [1.29, 1.82) is 0 Å². The predicted octanol–water partition coefficient (Wildman–Crippen LogP) is 3.34. The van der Waals surface area contributed by atoms with Crippen molar-refractivity contribution in [2.45, 2.75) is 45.6 Å². The maximum Gasteiger partial charge on any atom is 0.190 e. The van der Waals surface area contributed by atoms with Crippen molar-refractivity contribution in [1.82, 2.24) is 10.6 Å². The summed E-state index contributed by atoms with van der Waals surface area (Å²) in [4.78, 5) is 4.22. The number of hydrogen-bond acceptors (Lipinski definition) is 2. The fraction of sp³-hybridized carbons (Fsp3) is 0.611. The lowest BCUT2D eigenvalue weighted by molar-refractivity contribution is 0.117. The normalized spacial score (nSPS) is 11.5. The zero-order valence-electron chi connectivity index (χ0n) is 14.1. The Morgan fingerprint density at radius 1 is 1.00 bits per heavy atom. The molecule has 4 nitrogen and oxygen atoms in total. The highest BCUT2D eigenvalue weighted by Gasteiger charge is 1.97. The van der Waals surface area contributed by atoms with Crippen LogP contribution in [0.25, 0.3) is 0 Å². The van der Waals surface area contributed by atoms with Gasteiger partial charge in [-0.15, -0.1) is 0 Å². The number of benzene rings is 1. The lowest BCUT2D eigenvalue weighted by Gasteiger charge is -2.11. The maximum atomic E-state index is 5.67. The Hall–Kier alpha value is -1.55. The molecule has 0 aromatic heterocycles. The lowest BCUT2D eigenvalue weighted by atomic mass is 10.2. The van der Waals surface area contributed by atoms with Gasteiger partial charge < -0.3 is 15.4 Å². The monoisotopic (exact) mass is 305 g/mol. The molecule has 22 heavy (non-hydrogen) atoms. The molecule has 124 valence electrons. The van der Waals surface area contributed by atoms with Gasteiger partial charge in [-0.3, -0.25) is 4.99 Å². The van der Waals surface area contributed by atoms with E-state index in [2.05, 4.69) is 34.7 Å². The van der Waals surface area contributed by atoms with Gasteiger partial charge in [0.15, 0.2) is 5.96 Å². The minimum atomic E-state index is 0.703. The summed E-state index contributed by atoms with van der Waals surface area (Å²) in [6.07, 6.45) is 5.86. The fourth-order valence-electron chi connectivity index (χ4n) is 2.10. The number of unbranched alkanes of at least 4 members (excludes halogenated alkanes) is 3. The predicted molar refractivity (Wildman–Crippen MR) is 94.2 cm³/mol. The Morgan fingerprint density at radius 2 is 1.68 bits per heavy atom. The number of aliphatic imine (C=N–C) groups is 1. The van der Waals surface area contributed by atoms with Crippen LogP contribution in [0.5, 0.6) is 0 Å². The minimum Gasteiger partial charge on any atom is -0.377 e. The van der Waals surface area contributed by atoms with Crippen LogP contribution in [0.3, 0.4) is 0 Å². The molecular weight excluding hydrogens is 274 g/mol. The lowest BCUT2D eigenvalue weighted by Crippen LogP contribution is -2.38. The Balaban J connectivity index is 1.95. The largest absolute Gasteiger partial charge is 0.377 e. The molecule has 0 amide bonds. The van der Waals surface area contributed by atoms with Crippen LogP contribution >= 0.6 is 0 Å². The first kappa shape index (κ1) is 18.5. The standard InChI is InChI=1S/C18H31N3O/c1-3-4-8-13-20-18(19-2)21-14-9-10-15-22-16-17-11-6-5-7-12-17/h5-7,11-12H,3-4,8-10,13-16H2,1-2H3,(H2,19,20,21). The van der Waals surface area contributed by atoms with Crippen molar-refractivity contribution in [2.24, 2.45) is 4.99 Å². The molecule has 0 unspecified atom stereocenters. The third-order valence-corrected chi connectivity index (χ3v) is 3.42. The zero-order chi connectivity index (χ0) is 15.9. The van der Waals surface area contributed by atoms with E-state index in [9.17, 15) is 0 Å². The van der Waals surface area contributed by atoms with Crippen LogP contribution in [0.15, 0.2) is 35.3 Å². The van der Waals surface area contributed by atoms with Gasteiger partial charge in [0.05, 0.1) is 6.61 Å². The second kappa shape index (κ2) is 13.1. The topological polar surface area (TPSA) is 45.7 Å². The first-order valence-electron chi connectivity index (χ1n) is 8.43. The number of nitrogens with one attached hydrogen (secondary N) is 2. The number of guanidine groups is 1. The van der Waals surface area contributed by atoms with Crippen LogP contribution in [0.2, 0.25) is 0 Å². The molecule has 1 aromatic rings. The van der Waals surface area contributed by atoms with Crippen molar-refractivity contribution in [2.75, 3.05) is 26.7 Å². The van der Waals surface area contributed by atoms with Gasteiger partial charge in [-0.25, -0.2) is 0 Å². The van der Waals surface area contributed by atoms with E-state index in [1.807, 2.05) is 25.2 Å². The number of ether oxygens (including phenoxy) is 1. The molecule has 0 saturated carbocycles. The highest BCUT2D eigenvalue weighted by molar-refractivity contribution is 5.79. The van der Waals surface area contributed by atoms with E-state index in [1.165, 1.54) is 24.8 Å².